The quantitative estimate of drug-likeness (QED) is 0.615. The predicted octanol–water partition coefficient (Wildman–Crippen LogP) is 3.61. The van der Waals surface area contributed by atoms with E-state index in [1.807, 2.05) is 43.3 Å². The molecule has 20 heavy (non-hydrogen) atoms. The highest BCUT2D eigenvalue weighted by atomic mass is 16.5. The Morgan fingerprint density at radius 2 is 1.90 bits per heavy atom. The standard InChI is InChI=1S/C17H18O3/c1-3-14-8-4-5-10-16(14)20-17(18)15-9-6-7-13(11-15)12-19-2/h4-11H,3,12H2,1-2H3. The molecule has 0 fully saturated rings. The summed E-state index contributed by atoms with van der Waals surface area (Å²) >= 11 is 0. The lowest BCUT2D eigenvalue weighted by atomic mass is 10.1. The van der Waals surface area contributed by atoms with E-state index in [-0.39, 0.29) is 5.97 Å². The van der Waals surface area contributed by atoms with Crippen LogP contribution in [0.1, 0.15) is 28.4 Å². The highest BCUT2D eigenvalue weighted by Gasteiger charge is 2.11. The molecule has 0 atom stereocenters. The van der Waals surface area contributed by atoms with Gasteiger partial charge in [0.15, 0.2) is 0 Å². The minimum atomic E-state index is -0.344. The van der Waals surface area contributed by atoms with Crippen molar-refractivity contribution >= 4 is 5.97 Å². The second-order valence-corrected chi connectivity index (χ2v) is 4.48. The first-order valence-corrected chi connectivity index (χ1v) is 6.62. The van der Waals surface area contributed by atoms with Crippen LogP contribution in [0.15, 0.2) is 48.5 Å². The number of benzene rings is 2. The van der Waals surface area contributed by atoms with E-state index in [1.165, 1.54) is 0 Å². The Bertz CT molecular complexity index is 590. The summed E-state index contributed by atoms with van der Waals surface area (Å²) in [4.78, 5) is 12.2. The first-order chi connectivity index (χ1) is 9.74. The summed E-state index contributed by atoms with van der Waals surface area (Å²) in [6, 6.07) is 14.9. The molecule has 0 aliphatic carbocycles. The SMILES string of the molecule is CCc1ccccc1OC(=O)c1cccc(COC)c1. The molecule has 0 aliphatic rings. The molecule has 0 heterocycles. The van der Waals surface area contributed by atoms with Crippen LogP contribution in [0.2, 0.25) is 0 Å². The van der Waals surface area contributed by atoms with Crippen LogP contribution >= 0.6 is 0 Å². The van der Waals surface area contributed by atoms with Crippen molar-refractivity contribution in [2.45, 2.75) is 20.0 Å². The lowest BCUT2D eigenvalue weighted by Crippen LogP contribution is -2.10. The maximum atomic E-state index is 12.2. The minimum absolute atomic E-state index is 0.344. The lowest BCUT2D eigenvalue weighted by molar-refractivity contribution is 0.0733. The van der Waals surface area contributed by atoms with Gasteiger partial charge in [0.25, 0.3) is 0 Å². The Hall–Kier alpha value is -2.13. The summed E-state index contributed by atoms with van der Waals surface area (Å²) in [5.41, 5.74) is 2.50. The van der Waals surface area contributed by atoms with Gasteiger partial charge < -0.3 is 9.47 Å². The van der Waals surface area contributed by atoms with Crippen molar-refractivity contribution in [1.29, 1.82) is 0 Å². The van der Waals surface area contributed by atoms with Crippen LogP contribution in [-0.2, 0) is 17.8 Å². The zero-order chi connectivity index (χ0) is 14.4. The average Bonchev–Trinajstić information content (AvgIpc) is 2.48. The summed E-state index contributed by atoms with van der Waals surface area (Å²) in [6.45, 7) is 2.51. The van der Waals surface area contributed by atoms with Gasteiger partial charge in [-0.25, -0.2) is 4.79 Å². The molecule has 0 spiro atoms. The number of hydrogen-bond acceptors (Lipinski definition) is 3. The molecule has 0 bridgehead atoms. The van der Waals surface area contributed by atoms with Crippen molar-refractivity contribution < 1.29 is 14.3 Å². The van der Waals surface area contributed by atoms with E-state index in [0.717, 1.165) is 17.5 Å². The van der Waals surface area contributed by atoms with Gasteiger partial charge in [-0.3, -0.25) is 0 Å². The van der Waals surface area contributed by atoms with E-state index < -0.39 is 0 Å². The van der Waals surface area contributed by atoms with E-state index in [2.05, 4.69) is 0 Å². The number of carbonyl (C=O) groups is 1. The van der Waals surface area contributed by atoms with Crippen molar-refractivity contribution in [3.63, 3.8) is 0 Å². The molecule has 0 unspecified atom stereocenters. The van der Waals surface area contributed by atoms with Crippen molar-refractivity contribution in [1.82, 2.24) is 0 Å². The normalized spacial score (nSPS) is 10.3. The number of aryl methyl sites for hydroxylation is 1. The molecular weight excluding hydrogens is 252 g/mol. The number of carbonyl (C=O) groups excluding carboxylic acids is 1. The zero-order valence-corrected chi connectivity index (χ0v) is 11.8. The number of rotatable bonds is 5. The maximum absolute atomic E-state index is 12.2. The molecular formula is C17H18O3. The third kappa shape index (κ3) is 3.45. The second kappa shape index (κ2) is 6.87. The maximum Gasteiger partial charge on any atom is 0.343 e. The van der Waals surface area contributed by atoms with Gasteiger partial charge in [0, 0.05) is 7.11 Å². The number of esters is 1. The van der Waals surface area contributed by atoms with Crippen LogP contribution in [0.3, 0.4) is 0 Å². The second-order valence-electron chi connectivity index (χ2n) is 4.48. The molecule has 0 saturated heterocycles. The average molecular weight is 270 g/mol. The first-order valence-electron chi connectivity index (χ1n) is 6.62. The molecule has 2 rings (SSSR count). The molecule has 3 nitrogen and oxygen atoms in total. The summed E-state index contributed by atoms with van der Waals surface area (Å²) < 4.78 is 10.5. The molecule has 0 aliphatic heterocycles. The third-order valence-electron chi connectivity index (χ3n) is 3.03. The monoisotopic (exact) mass is 270 g/mol. The van der Waals surface area contributed by atoms with Gasteiger partial charge in [0.2, 0.25) is 0 Å². The zero-order valence-electron chi connectivity index (χ0n) is 11.8. The Balaban J connectivity index is 2.17. The van der Waals surface area contributed by atoms with Crippen LogP contribution in [0.5, 0.6) is 5.75 Å². The summed E-state index contributed by atoms with van der Waals surface area (Å²) in [6.07, 6.45) is 0.827. The smallest absolute Gasteiger partial charge is 0.343 e. The van der Waals surface area contributed by atoms with Crippen LogP contribution in [0.4, 0.5) is 0 Å². The largest absolute Gasteiger partial charge is 0.423 e. The molecule has 0 radical (unpaired) electrons. The lowest BCUT2D eigenvalue weighted by Gasteiger charge is -2.09. The number of ether oxygens (including phenoxy) is 2. The number of para-hydroxylation sites is 1. The molecule has 0 amide bonds. The van der Waals surface area contributed by atoms with Crippen LogP contribution < -0.4 is 4.74 Å². The van der Waals surface area contributed by atoms with E-state index in [9.17, 15) is 4.79 Å². The van der Waals surface area contributed by atoms with E-state index in [0.29, 0.717) is 17.9 Å². The Labute approximate surface area is 119 Å². The summed E-state index contributed by atoms with van der Waals surface area (Å²) in [5.74, 6) is 0.279. The van der Waals surface area contributed by atoms with Gasteiger partial charge in [-0.05, 0) is 35.7 Å². The fraction of sp³-hybridized carbons (Fsp3) is 0.235. The van der Waals surface area contributed by atoms with Crippen molar-refractivity contribution in [2.24, 2.45) is 0 Å². The molecule has 3 heteroatoms. The van der Waals surface area contributed by atoms with Gasteiger partial charge in [0.1, 0.15) is 5.75 Å². The molecule has 2 aromatic rings. The Morgan fingerprint density at radius 1 is 1.10 bits per heavy atom. The molecule has 2 aromatic carbocycles. The Kier molecular flexibility index (Phi) is 4.91. The number of hydrogen-bond donors (Lipinski definition) is 0. The highest BCUT2D eigenvalue weighted by Crippen LogP contribution is 2.20. The van der Waals surface area contributed by atoms with Gasteiger partial charge in [-0.1, -0.05) is 37.3 Å². The molecule has 0 saturated carbocycles. The van der Waals surface area contributed by atoms with Gasteiger partial charge in [-0.15, -0.1) is 0 Å². The van der Waals surface area contributed by atoms with E-state index in [1.54, 1.807) is 19.2 Å². The van der Waals surface area contributed by atoms with Gasteiger partial charge in [-0.2, -0.15) is 0 Å². The fourth-order valence-corrected chi connectivity index (χ4v) is 2.01. The van der Waals surface area contributed by atoms with E-state index in [4.69, 9.17) is 9.47 Å². The molecule has 0 N–H and O–H groups in total. The third-order valence-corrected chi connectivity index (χ3v) is 3.03. The van der Waals surface area contributed by atoms with Crippen LogP contribution in [-0.4, -0.2) is 13.1 Å². The van der Waals surface area contributed by atoms with E-state index >= 15 is 0 Å². The fourth-order valence-electron chi connectivity index (χ4n) is 2.01. The van der Waals surface area contributed by atoms with Crippen molar-refractivity contribution in [2.75, 3.05) is 7.11 Å². The number of methoxy groups -OCH3 is 1. The van der Waals surface area contributed by atoms with Gasteiger partial charge in [0.05, 0.1) is 12.2 Å². The summed E-state index contributed by atoms with van der Waals surface area (Å²) in [5, 5.41) is 0. The topological polar surface area (TPSA) is 35.5 Å². The summed E-state index contributed by atoms with van der Waals surface area (Å²) in [7, 11) is 1.63. The van der Waals surface area contributed by atoms with Crippen LogP contribution in [0.25, 0.3) is 0 Å². The highest BCUT2D eigenvalue weighted by molar-refractivity contribution is 5.91. The van der Waals surface area contributed by atoms with Crippen molar-refractivity contribution in [3.8, 4) is 5.75 Å². The van der Waals surface area contributed by atoms with Crippen molar-refractivity contribution in [3.05, 3.63) is 65.2 Å². The first kappa shape index (κ1) is 14.3. The van der Waals surface area contributed by atoms with Gasteiger partial charge >= 0.3 is 5.97 Å². The predicted molar refractivity (Wildman–Crippen MR) is 77.9 cm³/mol. The minimum Gasteiger partial charge on any atom is -0.423 e. The molecule has 0 aromatic heterocycles. The molecule has 104 valence electrons. The Morgan fingerprint density at radius 3 is 2.65 bits per heavy atom. The van der Waals surface area contributed by atoms with Crippen LogP contribution in [0, 0.1) is 0 Å².